The number of rotatable bonds is 8. The van der Waals surface area contributed by atoms with Crippen molar-refractivity contribution in [2.75, 3.05) is 0 Å². The summed E-state index contributed by atoms with van der Waals surface area (Å²) in [7, 11) is 1.70. The second-order valence-corrected chi connectivity index (χ2v) is 4.60. The van der Waals surface area contributed by atoms with Crippen molar-refractivity contribution in [2.24, 2.45) is 7.05 Å². The molecule has 6 nitrogen and oxygen atoms in total. The molecule has 6 heteroatoms. The first-order valence-electron chi connectivity index (χ1n) is 6.55. The minimum Gasteiger partial charge on any atom is -0.479 e. The minimum absolute atomic E-state index is 0.229. The van der Waals surface area contributed by atoms with Gasteiger partial charge in [0.15, 0.2) is 6.04 Å². The molecule has 1 atom stereocenters. The fourth-order valence-electron chi connectivity index (χ4n) is 1.82. The summed E-state index contributed by atoms with van der Waals surface area (Å²) in [5, 5.41) is 15.6. The Balaban J connectivity index is 2.50. The van der Waals surface area contributed by atoms with Gasteiger partial charge in [-0.15, -0.1) is 0 Å². The summed E-state index contributed by atoms with van der Waals surface area (Å²) in [6.07, 6.45) is 7.40. The fourth-order valence-corrected chi connectivity index (χ4v) is 1.82. The zero-order valence-electron chi connectivity index (χ0n) is 11.4. The normalized spacial score (nSPS) is 12.1. The zero-order valence-corrected chi connectivity index (χ0v) is 11.4. The monoisotopic (exact) mass is 267 g/mol. The number of carboxylic acid groups (broad SMARTS) is 1. The van der Waals surface area contributed by atoms with E-state index in [2.05, 4.69) is 17.3 Å². The van der Waals surface area contributed by atoms with Crippen LogP contribution in [-0.2, 0) is 16.6 Å². The number of nitrogens with zero attached hydrogens (tertiary/aromatic N) is 2. The number of nitrogens with one attached hydrogen (secondary N) is 1. The summed E-state index contributed by atoms with van der Waals surface area (Å²) < 4.78 is 1.51. The number of carbonyl (C=O) groups excluding carboxylic acids is 1. The van der Waals surface area contributed by atoms with Crippen LogP contribution in [0.5, 0.6) is 0 Å². The lowest BCUT2D eigenvalue weighted by atomic mass is 10.1. The molecule has 1 aromatic heterocycles. The van der Waals surface area contributed by atoms with Crippen LogP contribution in [0.3, 0.4) is 0 Å². The van der Waals surface area contributed by atoms with Crippen LogP contribution in [0, 0.1) is 0 Å². The molecule has 1 rings (SSSR count). The SMILES string of the molecule is CCCCCCC(=O)NC(C(=O)O)c1cnn(C)c1. The van der Waals surface area contributed by atoms with Crippen LogP contribution >= 0.6 is 0 Å². The van der Waals surface area contributed by atoms with Crippen molar-refractivity contribution in [3.63, 3.8) is 0 Å². The van der Waals surface area contributed by atoms with Crippen molar-refractivity contribution in [3.8, 4) is 0 Å². The molecular weight excluding hydrogens is 246 g/mol. The van der Waals surface area contributed by atoms with Gasteiger partial charge in [-0.25, -0.2) is 4.79 Å². The molecule has 0 radical (unpaired) electrons. The third-order valence-corrected chi connectivity index (χ3v) is 2.87. The Morgan fingerprint density at radius 3 is 2.68 bits per heavy atom. The molecule has 0 spiro atoms. The van der Waals surface area contributed by atoms with Crippen molar-refractivity contribution in [1.82, 2.24) is 15.1 Å². The van der Waals surface area contributed by atoms with Gasteiger partial charge in [0.25, 0.3) is 0 Å². The topological polar surface area (TPSA) is 84.2 Å². The van der Waals surface area contributed by atoms with Gasteiger partial charge in [0.1, 0.15) is 0 Å². The summed E-state index contributed by atoms with van der Waals surface area (Å²) in [5.74, 6) is -1.30. The average Bonchev–Trinajstić information content (AvgIpc) is 2.78. The van der Waals surface area contributed by atoms with Crippen LogP contribution in [0.15, 0.2) is 12.4 Å². The van der Waals surface area contributed by atoms with E-state index < -0.39 is 12.0 Å². The number of aryl methyl sites for hydroxylation is 1. The molecule has 2 N–H and O–H groups in total. The fraction of sp³-hybridized carbons (Fsp3) is 0.615. The van der Waals surface area contributed by atoms with Crippen LogP contribution in [0.1, 0.15) is 50.6 Å². The van der Waals surface area contributed by atoms with Gasteiger partial charge in [-0.2, -0.15) is 5.10 Å². The third-order valence-electron chi connectivity index (χ3n) is 2.87. The van der Waals surface area contributed by atoms with E-state index in [0.717, 1.165) is 25.7 Å². The second kappa shape index (κ2) is 7.56. The Morgan fingerprint density at radius 2 is 2.16 bits per heavy atom. The molecular formula is C13H21N3O3. The molecule has 1 amide bonds. The second-order valence-electron chi connectivity index (χ2n) is 4.60. The summed E-state index contributed by atoms with van der Waals surface area (Å²) >= 11 is 0. The summed E-state index contributed by atoms with van der Waals surface area (Å²) in [6, 6.07) is -1.02. The van der Waals surface area contributed by atoms with Gasteiger partial charge in [0.2, 0.25) is 5.91 Å². The zero-order chi connectivity index (χ0) is 14.3. The Bertz CT molecular complexity index is 429. The lowest BCUT2D eigenvalue weighted by molar-refractivity contribution is -0.142. The minimum atomic E-state index is -1.07. The van der Waals surface area contributed by atoms with Crippen LogP contribution in [0.2, 0.25) is 0 Å². The van der Waals surface area contributed by atoms with Gasteiger partial charge in [-0.3, -0.25) is 9.48 Å². The first kappa shape index (κ1) is 15.2. The Kier molecular flexibility index (Phi) is 6.05. The predicted molar refractivity (Wildman–Crippen MR) is 70.5 cm³/mol. The van der Waals surface area contributed by atoms with Crippen molar-refractivity contribution >= 4 is 11.9 Å². The summed E-state index contributed by atoms with van der Waals surface area (Å²) in [5.41, 5.74) is 0.483. The van der Waals surface area contributed by atoms with Crippen molar-refractivity contribution in [3.05, 3.63) is 18.0 Å². The molecule has 0 saturated heterocycles. The lowest BCUT2D eigenvalue weighted by Gasteiger charge is -2.12. The molecule has 0 aliphatic heterocycles. The first-order valence-corrected chi connectivity index (χ1v) is 6.55. The number of carbonyl (C=O) groups is 2. The van der Waals surface area contributed by atoms with E-state index in [1.54, 1.807) is 13.2 Å². The maximum Gasteiger partial charge on any atom is 0.331 e. The predicted octanol–water partition coefficient (Wildman–Crippen LogP) is 1.63. The van der Waals surface area contributed by atoms with Gasteiger partial charge >= 0.3 is 5.97 Å². The summed E-state index contributed by atoms with van der Waals surface area (Å²) in [4.78, 5) is 22.9. The van der Waals surface area contributed by atoms with Crippen molar-refractivity contribution < 1.29 is 14.7 Å². The van der Waals surface area contributed by atoms with Gasteiger partial charge in [-0.1, -0.05) is 26.2 Å². The van der Waals surface area contributed by atoms with E-state index in [4.69, 9.17) is 5.11 Å². The molecule has 1 unspecified atom stereocenters. The Labute approximate surface area is 112 Å². The van der Waals surface area contributed by atoms with Gasteiger partial charge < -0.3 is 10.4 Å². The lowest BCUT2D eigenvalue weighted by Crippen LogP contribution is -2.33. The van der Waals surface area contributed by atoms with Gasteiger partial charge in [0.05, 0.1) is 6.20 Å². The van der Waals surface area contributed by atoms with E-state index in [9.17, 15) is 9.59 Å². The molecule has 0 aliphatic rings. The molecule has 106 valence electrons. The highest BCUT2D eigenvalue weighted by Gasteiger charge is 2.23. The standard InChI is InChI=1S/C13H21N3O3/c1-3-4-5-6-7-11(17)15-12(13(18)19)10-8-14-16(2)9-10/h8-9,12H,3-7H2,1-2H3,(H,15,17)(H,18,19). The highest BCUT2D eigenvalue weighted by molar-refractivity contribution is 5.84. The van der Waals surface area contributed by atoms with E-state index in [1.165, 1.54) is 10.9 Å². The van der Waals surface area contributed by atoms with E-state index in [-0.39, 0.29) is 5.91 Å². The molecule has 1 aromatic rings. The first-order chi connectivity index (χ1) is 9.04. The molecule has 0 saturated carbocycles. The largest absolute Gasteiger partial charge is 0.479 e. The van der Waals surface area contributed by atoms with E-state index >= 15 is 0 Å². The van der Waals surface area contributed by atoms with Crippen LogP contribution in [0.25, 0.3) is 0 Å². The number of amides is 1. The molecule has 1 heterocycles. The number of unbranched alkanes of at least 4 members (excludes halogenated alkanes) is 3. The molecule has 0 aliphatic carbocycles. The van der Waals surface area contributed by atoms with Crippen LogP contribution in [-0.4, -0.2) is 26.8 Å². The molecule has 0 bridgehead atoms. The molecule has 19 heavy (non-hydrogen) atoms. The smallest absolute Gasteiger partial charge is 0.331 e. The average molecular weight is 267 g/mol. The van der Waals surface area contributed by atoms with Crippen LogP contribution in [0.4, 0.5) is 0 Å². The molecule has 0 aromatic carbocycles. The summed E-state index contributed by atoms with van der Waals surface area (Å²) in [6.45, 7) is 2.10. The van der Waals surface area contributed by atoms with Gasteiger partial charge in [0, 0.05) is 25.2 Å². The van der Waals surface area contributed by atoms with Crippen LogP contribution < -0.4 is 5.32 Å². The maximum absolute atomic E-state index is 11.7. The van der Waals surface area contributed by atoms with Gasteiger partial charge in [-0.05, 0) is 6.42 Å². The Hall–Kier alpha value is -1.85. The number of hydrogen-bond donors (Lipinski definition) is 2. The van der Waals surface area contributed by atoms with Crippen molar-refractivity contribution in [2.45, 2.75) is 45.1 Å². The molecule has 0 fully saturated rings. The Morgan fingerprint density at radius 1 is 1.42 bits per heavy atom. The van der Waals surface area contributed by atoms with E-state index in [0.29, 0.717) is 12.0 Å². The number of aromatic nitrogens is 2. The maximum atomic E-state index is 11.7. The highest BCUT2D eigenvalue weighted by atomic mass is 16.4. The number of hydrogen-bond acceptors (Lipinski definition) is 3. The number of aliphatic carboxylic acids is 1. The third kappa shape index (κ3) is 5.11. The quantitative estimate of drug-likeness (QED) is 0.701. The number of carboxylic acids is 1. The van der Waals surface area contributed by atoms with Crippen molar-refractivity contribution in [1.29, 1.82) is 0 Å². The highest BCUT2D eigenvalue weighted by Crippen LogP contribution is 2.12. The van der Waals surface area contributed by atoms with E-state index in [1.807, 2.05) is 0 Å².